The van der Waals surface area contributed by atoms with Gasteiger partial charge in [-0.3, -0.25) is 9.79 Å². The van der Waals surface area contributed by atoms with Gasteiger partial charge in [-0.25, -0.2) is 4.98 Å². The largest absolute Gasteiger partial charge is 0.466 e. The van der Waals surface area contributed by atoms with Gasteiger partial charge in [-0.1, -0.05) is 11.6 Å². The van der Waals surface area contributed by atoms with E-state index in [1.54, 1.807) is 6.20 Å². The van der Waals surface area contributed by atoms with E-state index >= 15 is 0 Å². The summed E-state index contributed by atoms with van der Waals surface area (Å²) in [6, 6.07) is 3.97. The summed E-state index contributed by atoms with van der Waals surface area (Å²) in [6.45, 7) is 7.35. The number of ether oxygens (including phenoxy) is 1. The number of aromatic nitrogens is 1. The topological polar surface area (TPSA) is 78.8 Å². The van der Waals surface area contributed by atoms with Crippen LogP contribution in [-0.4, -0.2) is 55.7 Å². The van der Waals surface area contributed by atoms with E-state index in [1.165, 1.54) is 0 Å². The number of guanidine groups is 1. The van der Waals surface area contributed by atoms with Gasteiger partial charge in [0.15, 0.2) is 5.96 Å². The number of esters is 1. The first-order chi connectivity index (χ1) is 12.6. The van der Waals surface area contributed by atoms with Gasteiger partial charge in [-0.15, -0.1) is 0 Å². The van der Waals surface area contributed by atoms with Gasteiger partial charge in [0.2, 0.25) is 0 Å². The Morgan fingerprint density at radius 1 is 1.50 bits per heavy atom. The Balaban J connectivity index is 1.83. The highest BCUT2D eigenvalue weighted by molar-refractivity contribution is 6.32. The number of pyridine rings is 1. The van der Waals surface area contributed by atoms with E-state index in [2.05, 4.69) is 25.5 Å². The number of hydrogen-bond acceptors (Lipinski definition) is 5. The Kier molecular flexibility index (Phi) is 8.47. The summed E-state index contributed by atoms with van der Waals surface area (Å²) in [6.07, 6.45) is 3.82. The third-order valence-corrected chi connectivity index (χ3v) is 4.32. The fraction of sp³-hybridized carbons (Fsp3) is 0.611. The first kappa shape index (κ1) is 20.3. The number of halogens is 1. The normalized spacial score (nSPS) is 17.3. The Hall–Kier alpha value is -2.02. The first-order valence-electron chi connectivity index (χ1n) is 9.20. The molecule has 2 heterocycles. The van der Waals surface area contributed by atoms with Gasteiger partial charge in [-0.05, 0) is 38.8 Å². The third kappa shape index (κ3) is 6.37. The zero-order valence-electron chi connectivity index (χ0n) is 15.5. The molecule has 1 atom stereocenters. The van der Waals surface area contributed by atoms with E-state index in [-0.39, 0.29) is 12.0 Å². The van der Waals surface area contributed by atoms with Crippen molar-refractivity contribution in [3.63, 3.8) is 0 Å². The molecule has 26 heavy (non-hydrogen) atoms. The van der Waals surface area contributed by atoms with Gasteiger partial charge in [0.1, 0.15) is 5.82 Å². The number of aliphatic imine (C=N–C) groups is 1. The summed E-state index contributed by atoms with van der Waals surface area (Å²) in [4.78, 5) is 22.5. The molecule has 1 aromatic heterocycles. The SMILES string of the molecule is CCNC(=NCCCC(=O)OCC)NC1CCN(c2ncccc2Cl)C1. The molecule has 0 radical (unpaired) electrons. The summed E-state index contributed by atoms with van der Waals surface area (Å²) in [7, 11) is 0. The van der Waals surface area contributed by atoms with Crippen molar-refractivity contribution in [2.24, 2.45) is 4.99 Å². The highest BCUT2D eigenvalue weighted by Gasteiger charge is 2.25. The van der Waals surface area contributed by atoms with Crippen LogP contribution in [0.25, 0.3) is 0 Å². The van der Waals surface area contributed by atoms with Crippen LogP contribution in [-0.2, 0) is 9.53 Å². The molecule has 0 aromatic carbocycles. The minimum Gasteiger partial charge on any atom is -0.466 e. The minimum atomic E-state index is -0.167. The van der Waals surface area contributed by atoms with Crippen LogP contribution in [0.1, 0.15) is 33.1 Å². The molecule has 1 aromatic rings. The predicted molar refractivity (Wildman–Crippen MR) is 105 cm³/mol. The molecule has 0 bridgehead atoms. The van der Waals surface area contributed by atoms with Gasteiger partial charge in [0.05, 0.1) is 11.6 Å². The highest BCUT2D eigenvalue weighted by Crippen LogP contribution is 2.25. The van der Waals surface area contributed by atoms with E-state index in [4.69, 9.17) is 16.3 Å². The second-order valence-corrected chi connectivity index (χ2v) is 6.46. The lowest BCUT2D eigenvalue weighted by molar-refractivity contribution is -0.143. The molecular formula is C18H28ClN5O2. The zero-order chi connectivity index (χ0) is 18.8. The molecule has 1 fully saturated rings. The molecule has 144 valence electrons. The van der Waals surface area contributed by atoms with Crippen LogP contribution in [0.2, 0.25) is 5.02 Å². The predicted octanol–water partition coefficient (Wildman–Crippen LogP) is 2.21. The van der Waals surface area contributed by atoms with E-state index in [9.17, 15) is 4.79 Å². The number of carbonyl (C=O) groups is 1. The zero-order valence-corrected chi connectivity index (χ0v) is 16.3. The summed E-state index contributed by atoms with van der Waals surface area (Å²) in [5, 5.41) is 7.38. The van der Waals surface area contributed by atoms with Crippen LogP contribution < -0.4 is 15.5 Å². The molecule has 1 saturated heterocycles. The Labute approximate surface area is 160 Å². The number of carbonyl (C=O) groups excluding carboxylic acids is 1. The molecule has 1 aliphatic heterocycles. The van der Waals surface area contributed by atoms with Gasteiger partial charge in [0.25, 0.3) is 0 Å². The fourth-order valence-electron chi connectivity index (χ4n) is 2.84. The summed E-state index contributed by atoms with van der Waals surface area (Å²) < 4.78 is 4.93. The average Bonchev–Trinajstić information content (AvgIpc) is 3.08. The van der Waals surface area contributed by atoms with Crippen molar-refractivity contribution in [3.05, 3.63) is 23.4 Å². The molecule has 0 spiro atoms. The number of rotatable bonds is 8. The number of hydrogen-bond donors (Lipinski definition) is 2. The van der Waals surface area contributed by atoms with Gasteiger partial charge < -0.3 is 20.3 Å². The standard InChI is InChI=1S/C18H28ClN5O2/c1-3-20-18(22-11-6-8-16(25)26-4-2)23-14-9-12-24(13-14)17-15(19)7-5-10-21-17/h5,7,10,14H,3-4,6,8-9,11-13H2,1-2H3,(H2,20,22,23). The van der Waals surface area contributed by atoms with E-state index < -0.39 is 0 Å². The molecule has 0 saturated carbocycles. The van der Waals surface area contributed by atoms with Gasteiger partial charge in [0, 0.05) is 44.8 Å². The maximum absolute atomic E-state index is 11.4. The van der Waals surface area contributed by atoms with E-state index in [0.717, 1.165) is 37.8 Å². The van der Waals surface area contributed by atoms with Crippen LogP contribution >= 0.6 is 11.6 Å². The summed E-state index contributed by atoms with van der Waals surface area (Å²) >= 11 is 6.24. The Bertz CT molecular complexity index is 611. The van der Waals surface area contributed by atoms with Crippen LogP contribution in [0.15, 0.2) is 23.3 Å². The molecule has 2 rings (SSSR count). The number of nitrogens with zero attached hydrogens (tertiary/aromatic N) is 3. The Morgan fingerprint density at radius 3 is 3.08 bits per heavy atom. The van der Waals surface area contributed by atoms with Crippen molar-refractivity contribution in [3.8, 4) is 0 Å². The number of anilines is 1. The van der Waals surface area contributed by atoms with Crippen LogP contribution in [0.3, 0.4) is 0 Å². The highest BCUT2D eigenvalue weighted by atomic mass is 35.5. The second-order valence-electron chi connectivity index (χ2n) is 6.05. The molecule has 0 amide bonds. The van der Waals surface area contributed by atoms with Crippen molar-refractivity contribution in [2.75, 3.05) is 37.7 Å². The van der Waals surface area contributed by atoms with Crippen molar-refractivity contribution in [1.29, 1.82) is 0 Å². The number of nitrogens with one attached hydrogen (secondary N) is 2. The van der Waals surface area contributed by atoms with Gasteiger partial charge >= 0.3 is 5.97 Å². The Morgan fingerprint density at radius 2 is 2.35 bits per heavy atom. The molecule has 2 N–H and O–H groups in total. The van der Waals surface area contributed by atoms with E-state index in [1.807, 2.05) is 26.0 Å². The lowest BCUT2D eigenvalue weighted by atomic mass is 10.3. The molecule has 7 nitrogen and oxygen atoms in total. The molecule has 1 unspecified atom stereocenters. The van der Waals surface area contributed by atoms with E-state index in [0.29, 0.717) is 31.0 Å². The van der Waals surface area contributed by atoms with Crippen LogP contribution in [0, 0.1) is 0 Å². The minimum absolute atomic E-state index is 0.167. The first-order valence-corrected chi connectivity index (χ1v) is 9.57. The summed E-state index contributed by atoms with van der Waals surface area (Å²) in [5.74, 6) is 1.43. The average molecular weight is 382 g/mol. The van der Waals surface area contributed by atoms with Crippen LogP contribution in [0.4, 0.5) is 5.82 Å². The lowest BCUT2D eigenvalue weighted by Crippen LogP contribution is -2.44. The molecule has 0 aliphatic carbocycles. The fourth-order valence-corrected chi connectivity index (χ4v) is 3.08. The van der Waals surface area contributed by atoms with Crippen molar-refractivity contribution >= 4 is 29.3 Å². The quantitative estimate of drug-likeness (QED) is 0.311. The van der Waals surface area contributed by atoms with Crippen LogP contribution in [0.5, 0.6) is 0 Å². The molecule has 1 aliphatic rings. The molecule has 8 heteroatoms. The summed E-state index contributed by atoms with van der Waals surface area (Å²) in [5.41, 5.74) is 0. The van der Waals surface area contributed by atoms with Crippen molar-refractivity contribution < 1.29 is 9.53 Å². The lowest BCUT2D eigenvalue weighted by Gasteiger charge is -2.20. The van der Waals surface area contributed by atoms with Gasteiger partial charge in [-0.2, -0.15) is 0 Å². The third-order valence-electron chi connectivity index (χ3n) is 4.03. The smallest absolute Gasteiger partial charge is 0.305 e. The maximum atomic E-state index is 11.4. The maximum Gasteiger partial charge on any atom is 0.305 e. The van der Waals surface area contributed by atoms with Crippen molar-refractivity contribution in [2.45, 2.75) is 39.2 Å². The van der Waals surface area contributed by atoms with Crippen molar-refractivity contribution in [1.82, 2.24) is 15.6 Å². The second kappa shape index (κ2) is 10.9. The monoisotopic (exact) mass is 381 g/mol. The molecular weight excluding hydrogens is 354 g/mol.